The normalized spacial score (nSPS) is 17.4. The van der Waals surface area contributed by atoms with Gasteiger partial charge in [-0.2, -0.15) is 0 Å². The minimum absolute atomic E-state index is 0.0442. The van der Waals surface area contributed by atoms with E-state index >= 15 is 0 Å². The van der Waals surface area contributed by atoms with Crippen LogP contribution in [0.1, 0.15) is 55.4 Å². The van der Waals surface area contributed by atoms with Gasteiger partial charge in [-0.05, 0) is 59.2 Å². The predicted molar refractivity (Wildman–Crippen MR) is 208 cm³/mol. The lowest BCUT2D eigenvalue weighted by Gasteiger charge is -2.35. The van der Waals surface area contributed by atoms with Crippen LogP contribution in [0.4, 0.5) is 20.1 Å². The number of phenolic OH excluding ortho intramolecular Hbond substituents is 1. The molecule has 0 spiro atoms. The van der Waals surface area contributed by atoms with Crippen molar-refractivity contribution in [3.8, 4) is 17.0 Å². The van der Waals surface area contributed by atoms with Gasteiger partial charge in [0.15, 0.2) is 10.9 Å². The average Bonchev–Trinajstić information content (AvgIpc) is 3.94. The molecule has 6 heterocycles. The Bertz CT molecular complexity index is 2480. The fourth-order valence-electron chi connectivity index (χ4n) is 7.82. The smallest absolute Gasteiger partial charge is 0.342 e. The Labute approximate surface area is 334 Å². The number of phenols is 1. The van der Waals surface area contributed by atoms with E-state index in [1.165, 1.54) is 32.5 Å². The number of benzene rings is 3. The lowest BCUT2D eigenvalue weighted by Crippen LogP contribution is -2.56. The highest BCUT2D eigenvalue weighted by atomic mass is 32.1. The van der Waals surface area contributed by atoms with Crippen molar-refractivity contribution in [2.75, 3.05) is 42.9 Å². The summed E-state index contributed by atoms with van der Waals surface area (Å²) in [5.41, 5.74) is 4.65. The number of piperazine rings is 1. The van der Waals surface area contributed by atoms with Crippen LogP contribution in [0.15, 0.2) is 78.3 Å². The van der Waals surface area contributed by atoms with Crippen LogP contribution < -0.4 is 15.5 Å². The monoisotopic (exact) mass is 802 g/mol. The van der Waals surface area contributed by atoms with E-state index in [9.17, 15) is 33.5 Å². The van der Waals surface area contributed by atoms with Gasteiger partial charge in [0, 0.05) is 79.5 Å². The number of nitrogens with one attached hydrogen (secondary N) is 2. The molecule has 2 fully saturated rings. The van der Waals surface area contributed by atoms with E-state index < -0.39 is 29.7 Å². The van der Waals surface area contributed by atoms with Gasteiger partial charge in [-0.25, -0.2) is 24.2 Å². The molecule has 0 saturated carbocycles. The highest BCUT2D eigenvalue weighted by Crippen LogP contribution is 2.38. The third-order valence-corrected chi connectivity index (χ3v) is 11.5. The van der Waals surface area contributed by atoms with Crippen molar-refractivity contribution in [3.05, 3.63) is 118 Å². The Morgan fingerprint density at radius 1 is 0.862 bits per heavy atom. The minimum atomic E-state index is -1.34. The maximum absolute atomic E-state index is 14.4. The Morgan fingerprint density at radius 3 is 2.47 bits per heavy atom. The summed E-state index contributed by atoms with van der Waals surface area (Å²) in [6.07, 6.45) is 1.66. The highest BCUT2D eigenvalue weighted by molar-refractivity contribution is 7.13. The number of nitrogens with zero attached hydrogens (tertiary/aromatic N) is 8. The molecule has 2 saturated heterocycles. The zero-order chi connectivity index (χ0) is 40.1. The van der Waals surface area contributed by atoms with Crippen LogP contribution in [-0.2, 0) is 29.2 Å². The summed E-state index contributed by atoms with van der Waals surface area (Å²) in [7, 11) is 0. The van der Waals surface area contributed by atoms with E-state index in [0.717, 1.165) is 61.3 Å². The third-order valence-electron chi connectivity index (χ3n) is 10.8. The van der Waals surface area contributed by atoms with Gasteiger partial charge in [0.2, 0.25) is 5.91 Å². The van der Waals surface area contributed by atoms with Gasteiger partial charge in [0.1, 0.15) is 17.6 Å². The van der Waals surface area contributed by atoms with Crippen molar-refractivity contribution >= 4 is 51.9 Å². The maximum atomic E-state index is 14.4. The molecule has 3 aromatic carbocycles. The quantitative estimate of drug-likeness (QED) is 0.196. The van der Waals surface area contributed by atoms with Gasteiger partial charge in [-0.3, -0.25) is 34.7 Å². The van der Waals surface area contributed by atoms with Gasteiger partial charge >= 0.3 is 6.03 Å². The van der Waals surface area contributed by atoms with Crippen molar-refractivity contribution in [1.29, 1.82) is 0 Å². The lowest BCUT2D eigenvalue weighted by molar-refractivity contribution is -0.123. The summed E-state index contributed by atoms with van der Waals surface area (Å²) in [5, 5.41) is 29.3. The van der Waals surface area contributed by atoms with Crippen LogP contribution in [0, 0.1) is 5.82 Å². The minimum Gasteiger partial charge on any atom is -0.508 e. The van der Waals surface area contributed by atoms with Crippen LogP contribution in [0.2, 0.25) is 0 Å². The average molecular weight is 803 g/mol. The fourth-order valence-corrected chi connectivity index (χ4v) is 8.36. The van der Waals surface area contributed by atoms with Crippen molar-refractivity contribution in [2.45, 2.75) is 32.1 Å². The molecule has 18 heteroatoms. The molecule has 4 aliphatic heterocycles. The van der Waals surface area contributed by atoms with Crippen LogP contribution in [-0.4, -0.2) is 102 Å². The number of aromatic nitrogens is 3. The topological polar surface area (TPSA) is 185 Å². The standard InChI is InChI=1S/C40H35FN10O6S/c41-27-4-7-32(52)30(19-27)35(36(54)44-39-42-10-16-58-39)49-21-25-3-2-24(18-29(25)37(49)55)31-6-8-33(46-45-31)48-14-12-47(13-15-48)20-23-1-5-28-26(17-23)22-51(38(28)56)50-11-9-34(53)43-40(50)57/h1-8,10,16-19,35,52H,9,11-15,20-22H2,(H,42,44,54)(H,43,53,57). The van der Waals surface area contributed by atoms with E-state index in [1.54, 1.807) is 23.6 Å². The summed E-state index contributed by atoms with van der Waals surface area (Å²) in [6, 6.07) is 16.2. The van der Waals surface area contributed by atoms with Gasteiger partial charge in [0.25, 0.3) is 17.7 Å². The summed E-state index contributed by atoms with van der Waals surface area (Å²) < 4.78 is 14.4. The lowest BCUT2D eigenvalue weighted by atomic mass is 10.0. The number of hydrazine groups is 1. The van der Waals surface area contributed by atoms with Crippen LogP contribution >= 0.6 is 11.3 Å². The molecule has 3 N–H and O–H groups in total. The van der Waals surface area contributed by atoms with Crippen LogP contribution in [0.3, 0.4) is 0 Å². The Kier molecular flexibility index (Phi) is 9.49. The van der Waals surface area contributed by atoms with Gasteiger partial charge in [0.05, 0.1) is 18.8 Å². The fraction of sp³-hybridized carbons (Fsp3) is 0.250. The number of fused-ring (bicyclic) bond motifs is 2. The summed E-state index contributed by atoms with van der Waals surface area (Å²) in [4.78, 5) is 74.4. The molecule has 0 aliphatic carbocycles. The Hall–Kier alpha value is -6.79. The number of hydrogen-bond donors (Lipinski definition) is 3. The predicted octanol–water partition coefficient (Wildman–Crippen LogP) is 3.92. The molecular formula is C40H35FN10O6S. The van der Waals surface area contributed by atoms with Gasteiger partial charge < -0.3 is 14.9 Å². The summed E-state index contributed by atoms with van der Waals surface area (Å²) in [6.45, 7) is 4.15. The Balaban J connectivity index is 0.835. The SMILES string of the molecule is O=C1CCN(N2Cc3cc(CN4CCN(c5ccc(-c6ccc7c(c6)C(=O)N(C(C(=O)Nc6nccs6)c6cc(F)ccc6O)C7)nn5)CC4)ccc3C2=O)C(=O)N1. The number of carbonyl (C=O) groups is 5. The van der Waals surface area contributed by atoms with Crippen molar-refractivity contribution in [1.82, 2.24) is 40.3 Å². The molecule has 6 amide bonds. The van der Waals surface area contributed by atoms with Crippen LogP contribution in [0.25, 0.3) is 11.3 Å². The number of imide groups is 1. The summed E-state index contributed by atoms with van der Waals surface area (Å²) in [5.74, 6) is -1.97. The number of carbonyl (C=O) groups excluding carboxylic acids is 5. The number of aromatic hydroxyl groups is 1. The number of hydrogen-bond acceptors (Lipinski definition) is 12. The first-order chi connectivity index (χ1) is 28.1. The molecular weight excluding hydrogens is 768 g/mol. The van der Waals surface area contributed by atoms with Crippen molar-refractivity contribution < 1.29 is 33.5 Å². The molecule has 16 nitrogen and oxygen atoms in total. The number of halogens is 1. The zero-order valence-corrected chi connectivity index (χ0v) is 31.6. The number of anilines is 2. The maximum Gasteiger partial charge on any atom is 0.342 e. The van der Waals surface area contributed by atoms with Gasteiger partial charge in [-0.1, -0.05) is 24.3 Å². The summed E-state index contributed by atoms with van der Waals surface area (Å²) >= 11 is 1.19. The van der Waals surface area contributed by atoms with E-state index in [0.29, 0.717) is 39.6 Å². The second-order valence-corrected chi connectivity index (χ2v) is 15.3. The number of rotatable bonds is 9. The van der Waals surface area contributed by atoms with Crippen molar-refractivity contribution in [3.63, 3.8) is 0 Å². The first-order valence-corrected chi connectivity index (χ1v) is 19.5. The third kappa shape index (κ3) is 6.96. The van der Waals surface area contributed by atoms with E-state index in [1.807, 2.05) is 30.3 Å². The molecule has 58 heavy (non-hydrogen) atoms. The second-order valence-electron chi connectivity index (χ2n) is 14.4. The number of thiazole rings is 1. The van der Waals surface area contributed by atoms with E-state index in [-0.39, 0.29) is 49.2 Å². The first-order valence-electron chi connectivity index (χ1n) is 18.6. The van der Waals surface area contributed by atoms with Gasteiger partial charge in [-0.15, -0.1) is 21.5 Å². The first kappa shape index (κ1) is 36.8. The highest BCUT2D eigenvalue weighted by Gasteiger charge is 2.40. The molecule has 0 bridgehead atoms. The molecule has 5 aromatic rings. The number of urea groups is 1. The molecule has 1 unspecified atom stereocenters. The largest absolute Gasteiger partial charge is 0.508 e. The van der Waals surface area contributed by atoms with Crippen molar-refractivity contribution in [2.24, 2.45) is 0 Å². The van der Waals surface area contributed by atoms with E-state index in [4.69, 9.17) is 0 Å². The Morgan fingerprint density at radius 2 is 1.71 bits per heavy atom. The zero-order valence-electron chi connectivity index (χ0n) is 30.8. The van der Waals surface area contributed by atoms with Crippen LogP contribution in [0.5, 0.6) is 5.75 Å². The van der Waals surface area contributed by atoms with E-state index in [2.05, 4.69) is 35.6 Å². The molecule has 0 radical (unpaired) electrons. The molecule has 9 rings (SSSR count). The molecule has 4 aliphatic rings. The molecule has 294 valence electrons. The number of amides is 6. The second kappa shape index (κ2) is 14.9. The molecule has 2 aromatic heterocycles. The molecule has 1 atom stereocenters.